The molecule has 0 aromatic heterocycles. The van der Waals surface area contributed by atoms with E-state index in [1.165, 1.54) is 10.4 Å². The first-order chi connectivity index (χ1) is 7.33. The second-order valence-electron chi connectivity index (χ2n) is 3.39. The Morgan fingerprint density at radius 1 is 1.36 bits per heavy atom. The first kappa shape index (κ1) is 8.51. The Kier molecular flexibility index (Phi) is 2.81. The summed E-state index contributed by atoms with van der Waals surface area (Å²) in [6, 6.07) is 11.1. The van der Waals surface area contributed by atoms with Crippen molar-refractivity contribution in [2.75, 3.05) is 5.50 Å². The lowest BCUT2D eigenvalue weighted by Gasteiger charge is -2.13. The highest BCUT2D eigenvalue weighted by molar-refractivity contribution is 6.84. The molecule has 0 saturated carbocycles. The SMILES string of the molecule is [2H]C1=C([SiH](CCl)c2ccccc2)CC=C1. The highest BCUT2D eigenvalue weighted by Gasteiger charge is 2.17. The molecule has 1 aromatic carbocycles. The molecule has 1 aliphatic rings. The van der Waals surface area contributed by atoms with Crippen LogP contribution < -0.4 is 5.19 Å². The molecule has 0 heterocycles. The number of hydrogen-bond donors (Lipinski definition) is 0. The summed E-state index contributed by atoms with van der Waals surface area (Å²) in [5.41, 5.74) is 0.684. The van der Waals surface area contributed by atoms with Crippen molar-refractivity contribution in [2.45, 2.75) is 6.42 Å². The number of halogens is 1. The second-order valence-corrected chi connectivity index (χ2v) is 7.10. The maximum absolute atomic E-state index is 7.84. The van der Waals surface area contributed by atoms with Gasteiger partial charge in [0.1, 0.15) is 8.80 Å². The van der Waals surface area contributed by atoms with E-state index in [0.717, 1.165) is 6.42 Å². The van der Waals surface area contributed by atoms with Gasteiger partial charge in [-0.1, -0.05) is 58.9 Å². The molecule has 1 aliphatic carbocycles. The van der Waals surface area contributed by atoms with Crippen LogP contribution in [0.3, 0.4) is 0 Å². The molecule has 0 spiro atoms. The molecular formula is C12H13ClSi. The minimum absolute atomic E-state index is 0.684. The standard InChI is InChI=1S/C12H13ClSi/c13-10-14(12-8-4-5-9-12)11-6-2-1-3-7-11/h1-8,14H,9-10H2/i8D. The van der Waals surface area contributed by atoms with Crippen molar-refractivity contribution in [2.24, 2.45) is 0 Å². The fourth-order valence-corrected chi connectivity index (χ4v) is 4.99. The lowest BCUT2D eigenvalue weighted by atomic mass is 10.4. The molecule has 2 rings (SSSR count). The summed E-state index contributed by atoms with van der Waals surface area (Å²) >= 11 is 6.06. The largest absolute Gasteiger partial charge is 0.130 e. The molecule has 0 aliphatic heterocycles. The monoisotopic (exact) mass is 221 g/mol. The molecular weight excluding hydrogens is 208 g/mol. The molecule has 0 nitrogen and oxygen atoms in total. The van der Waals surface area contributed by atoms with Crippen molar-refractivity contribution >= 4 is 25.6 Å². The van der Waals surface area contributed by atoms with Crippen LogP contribution in [0, 0.1) is 0 Å². The van der Waals surface area contributed by atoms with Gasteiger partial charge in [0, 0.05) is 5.50 Å². The molecule has 1 aromatic rings. The van der Waals surface area contributed by atoms with Crippen molar-refractivity contribution in [1.82, 2.24) is 0 Å². The Morgan fingerprint density at radius 3 is 2.71 bits per heavy atom. The minimum Gasteiger partial charge on any atom is -0.130 e. The highest BCUT2D eigenvalue weighted by Crippen LogP contribution is 2.14. The Balaban J connectivity index is 2.30. The molecule has 72 valence electrons. The molecule has 0 amide bonds. The zero-order valence-corrected chi connectivity index (χ0v) is 9.82. The van der Waals surface area contributed by atoms with E-state index in [-0.39, 0.29) is 0 Å². The van der Waals surface area contributed by atoms with Crippen LogP contribution in [0.1, 0.15) is 7.79 Å². The Bertz CT molecular complexity index is 397. The summed E-state index contributed by atoms with van der Waals surface area (Å²) in [6.45, 7) is 0. The lowest BCUT2D eigenvalue weighted by molar-refractivity contribution is 1.38. The predicted molar refractivity (Wildman–Crippen MR) is 65.8 cm³/mol. The van der Waals surface area contributed by atoms with Gasteiger partial charge in [-0.15, -0.1) is 11.6 Å². The molecule has 0 bridgehead atoms. The van der Waals surface area contributed by atoms with Crippen molar-refractivity contribution in [3.05, 3.63) is 53.7 Å². The molecule has 0 fully saturated rings. The molecule has 1 atom stereocenters. The van der Waals surface area contributed by atoms with Gasteiger partial charge in [-0.25, -0.2) is 0 Å². The number of rotatable bonds is 3. The second kappa shape index (κ2) is 4.62. The zero-order valence-electron chi connectivity index (χ0n) is 8.91. The molecule has 1 unspecified atom stereocenters. The fraction of sp³-hybridized carbons (Fsp3) is 0.167. The first-order valence-corrected chi connectivity index (χ1v) is 7.30. The minimum atomic E-state index is -1.29. The van der Waals surface area contributed by atoms with Crippen molar-refractivity contribution in [1.29, 1.82) is 0 Å². The van der Waals surface area contributed by atoms with E-state index >= 15 is 0 Å². The summed E-state index contributed by atoms with van der Waals surface area (Å²) in [5, 5.41) is 2.62. The summed E-state index contributed by atoms with van der Waals surface area (Å²) in [6.07, 6.45) is 4.88. The van der Waals surface area contributed by atoms with E-state index in [4.69, 9.17) is 13.0 Å². The summed E-state index contributed by atoms with van der Waals surface area (Å²) < 4.78 is 7.84. The molecule has 14 heavy (non-hydrogen) atoms. The van der Waals surface area contributed by atoms with Crippen molar-refractivity contribution in [3.8, 4) is 0 Å². The number of allylic oxidation sites excluding steroid dienone is 4. The normalized spacial score (nSPS) is 18.5. The van der Waals surface area contributed by atoms with Crippen LogP contribution in [0.4, 0.5) is 0 Å². The third-order valence-electron chi connectivity index (χ3n) is 2.50. The Hall–Kier alpha value is -0.793. The van der Waals surface area contributed by atoms with E-state index in [2.05, 4.69) is 30.3 Å². The van der Waals surface area contributed by atoms with Gasteiger partial charge in [0.2, 0.25) is 0 Å². The van der Waals surface area contributed by atoms with Gasteiger partial charge in [0.15, 0.2) is 0 Å². The predicted octanol–water partition coefficient (Wildman–Crippen LogP) is 2.32. The van der Waals surface area contributed by atoms with Crippen LogP contribution in [-0.4, -0.2) is 14.3 Å². The van der Waals surface area contributed by atoms with Crippen LogP contribution in [0.2, 0.25) is 0 Å². The van der Waals surface area contributed by atoms with Crippen LogP contribution >= 0.6 is 11.6 Å². The summed E-state index contributed by atoms with van der Waals surface area (Å²) in [4.78, 5) is 0. The highest BCUT2D eigenvalue weighted by atomic mass is 35.5. The zero-order chi connectivity index (χ0) is 10.7. The number of hydrogen-bond acceptors (Lipinski definition) is 0. The topological polar surface area (TPSA) is 0 Å². The van der Waals surface area contributed by atoms with Crippen molar-refractivity contribution < 1.29 is 1.37 Å². The fourth-order valence-electron chi connectivity index (χ4n) is 1.72. The van der Waals surface area contributed by atoms with E-state index in [1.54, 1.807) is 0 Å². The summed E-state index contributed by atoms with van der Waals surface area (Å²) in [7, 11) is -1.29. The van der Waals surface area contributed by atoms with Crippen LogP contribution in [0.5, 0.6) is 0 Å². The smallest absolute Gasteiger partial charge is 0.113 e. The van der Waals surface area contributed by atoms with E-state index < -0.39 is 8.80 Å². The van der Waals surface area contributed by atoms with E-state index in [0.29, 0.717) is 11.6 Å². The molecule has 0 saturated heterocycles. The van der Waals surface area contributed by atoms with Gasteiger partial charge in [-0.2, -0.15) is 0 Å². The maximum atomic E-state index is 7.84. The van der Waals surface area contributed by atoms with Gasteiger partial charge in [-0.3, -0.25) is 0 Å². The Morgan fingerprint density at radius 2 is 2.14 bits per heavy atom. The van der Waals surface area contributed by atoms with Gasteiger partial charge in [0.25, 0.3) is 0 Å². The number of benzene rings is 1. The van der Waals surface area contributed by atoms with E-state index in [1.807, 2.05) is 12.1 Å². The van der Waals surface area contributed by atoms with Crippen molar-refractivity contribution in [3.63, 3.8) is 0 Å². The maximum Gasteiger partial charge on any atom is 0.113 e. The van der Waals surface area contributed by atoms with E-state index in [9.17, 15) is 0 Å². The lowest BCUT2D eigenvalue weighted by Crippen LogP contribution is -2.34. The number of alkyl halides is 1. The van der Waals surface area contributed by atoms with Crippen LogP contribution in [-0.2, 0) is 0 Å². The third kappa shape index (κ3) is 1.99. The third-order valence-corrected chi connectivity index (χ3v) is 6.17. The quantitative estimate of drug-likeness (QED) is 0.543. The first-order valence-electron chi connectivity index (χ1n) is 5.30. The van der Waals surface area contributed by atoms with Gasteiger partial charge >= 0.3 is 0 Å². The van der Waals surface area contributed by atoms with Gasteiger partial charge < -0.3 is 0 Å². The van der Waals surface area contributed by atoms with Crippen LogP contribution in [0.15, 0.2) is 53.7 Å². The average Bonchev–Trinajstić information content (AvgIpc) is 2.68. The Labute approximate surface area is 92.9 Å². The summed E-state index contributed by atoms with van der Waals surface area (Å²) in [5.74, 6) is 0. The molecule has 0 radical (unpaired) electrons. The molecule has 2 heteroatoms. The average molecular weight is 222 g/mol. The molecule has 0 N–H and O–H groups in total. The van der Waals surface area contributed by atoms with Gasteiger partial charge in [0.05, 0.1) is 1.37 Å². The van der Waals surface area contributed by atoms with Crippen LogP contribution in [0.25, 0.3) is 0 Å². The van der Waals surface area contributed by atoms with Gasteiger partial charge in [-0.05, 0) is 6.42 Å².